The summed E-state index contributed by atoms with van der Waals surface area (Å²) in [6.45, 7) is 2.83. The van der Waals surface area contributed by atoms with Gasteiger partial charge < -0.3 is 5.32 Å². The highest BCUT2D eigenvalue weighted by Gasteiger charge is 2.25. The van der Waals surface area contributed by atoms with Gasteiger partial charge in [-0.2, -0.15) is 5.10 Å². The first-order valence-corrected chi connectivity index (χ1v) is 6.49. The van der Waals surface area contributed by atoms with E-state index in [1.807, 2.05) is 18.7 Å². The number of aromatic nitrogens is 2. The summed E-state index contributed by atoms with van der Waals surface area (Å²) in [5.74, 6) is 0.188. The molecule has 0 radical (unpaired) electrons. The Morgan fingerprint density at radius 2 is 2.35 bits per heavy atom. The van der Waals surface area contributed by atoms with Crippen molar-refractivity contribution in [3.63, 3.8) is 0 Å². The zero-order valence-electron chi connectivity index (χ0n) is 10.3. The van der Waals surface area contributed by atoms with E-state index in [-0.39, 0.29) is 11.8 Å². The third kappa shape index (κ3) is 2.46. The molecule has 2 rings (SSSR count). The van der Waals surface area contributed by atoms with Crippen LogP contribution in [-0.4, -0.2) is 22.2 Å². The van der Waals surface area contributed by atoms with Crippen molar-refractivity contribution in [2.75, 3.05) is 6.54 Å². The van der Waals surface area contributed by atoms with E-state index in [1.165, 1.54) is 0 Å². The van der Waals surface area contributed by atoms with Crippen LogP contribution >= 0.6 is 11.6 Å². The monoisotopic (exact) mass is 255 g/mol. The van der Waals surface area contributed by atoms with E-state index in [0.29, 0.717) is 6.42 Å². The quantitative estimate of drug-likeness (QED) is 0.894. The molecule has 4 nitrogen and oxygen atoms in total. The summed E-state index contributed by atoms with van der Waals surface area (Å²) in [5, 5.41) is 8.00. The first kappa shape index (κ1) is 12.4. The Balaban J connectivity index is 2.17. The summed E-state index contributed by atoms with van der Waals surface area (Å²) in [4.78, 5) is 11.7. The van der Waals surface area contributed by atoms with Gasteiger partial charge in [-0.15, -0.1) is 0 Å². The van der Waals surface area contributed by atoms with Crippen LogP contribution in [0.25, 0.3) is 0 Å². The van der Waals surface area contributed by atoms with Crippen LogP contribution in [0.15, 0.2) is 0 Å². The Morgan fingerprint density at radius 3 is 2.94 bits per heavy atom. The van der Waals surface area contributed by atoms with Crippen molar-refractivity contribution in [1.29, 1.82) is 0 Å². The van der Waals surface area contributed by atoms with E-state index in [9.17, 15) is 4.79 Å². The molecule has 1 aromatic rings. The van der Waals surface area contributed by atoms with E-state index in [2.05, 4.69) is 10.4 Å². The predicted molar refractivity (Wildman–Crippen MR) is 67.0 cm³/mol. The van der Waals surface area contributed by atoms with Crippen molar-refractivity contribution in [2.45, 2.75) is 32.6 Å². The smallest absolute Gasteiger partial charge is 0.223 e. The van der Waals surface area contributed by atoms with Crippen LogP contribution in [0, 0.1) is 5.92 Å². The number of nitrogens with zero attached hydrogens (tertiary/aromatic N) is 2. The second-order valence-corrected chi connectivity index (χ2v) is 4.90. The molecule has 1 saturated heterocycles. The molecule has 1 unspecified atom stereocenters. The van der Waals surface area contributed by atoms with Crippen LogP contribution < -0.4 is 5.32 Å². The second-order valence-electron chi connectivity index (χ2n) is 4.52. The molecule has 1 atom stereocenters. The maximum Gasteiger partial charge on any atom is 0.223 e. The summed E-state index contributed by atoms with van der Waals surface area (Å²) in [6.07, 6.45) is 3.50. The Labute approximate surface area is 106 Å². The third-order valence-corrected chi connectivity index (χ3v) is 3.78. The van der Waals surface area contributed by atoms with E-state index >= 15 is 0 Å². The number of carbonyl (C=O) groups excluding carboxylic acids is 1. The van der Waals surface area contributed by atoms with Gasteiger partial charge in [-0.3, -0.25) is 9.48 Å². The fourth-order valence-corrected chi connectivity index (χ4v) is 2.68. The van der Waals surface area contributed by atoms with E-state index in [1.54, 1.807) is 0 Å². The third-order valence-electron chi connectivity index (χ3n) is 3.34. The normalized spacial score (nSPS) is 20.4. The van der Waals surface area contributed by atoms with Gasteiger partial charge in [0, 0.05) is 25.9 Å². The minimum atomic E-state index is 0.0429. The molecule has 0 saturated carbocycles. The van der Waals surface area contributed by atoms with Gasteiger partial charge in [0.2, 0.25) is 5.91 Å². The number of rotatable bonds is 3. The molecule has 1 N–H and O–H groups in total. The molecule has 1 amide bonds. The summed E-state index contributed by atoms with van der Waals surface area (Å²) < 4.78 is 1.81. The van der Waals surface area contributed by atoms with Crippen LogP contribution in [0.5, 0.6) is 0 Å². The minimum absolute atomic E-state index is 0.0429. The molecule has 5 heteroatoms. The molecule has 17 heavy (non-hydrogen) atoms. The molecule has 1 aliphatic heterocycles. The summed E-state index contributed by atoms with van der Waals surface area (Å²) in [6, 6.07) is 0. The van der Waals surface area contributed by atoms with Gasteiger partial charge in [0.15, 0.2) is 0 Å². The Morgan fingerprint density at radius 1 is 1.59 bits per heavy atom. The maximum atomic E-state index is 11.7. The van der Waals surface area contributed by atoms with Crippen LogP contribution in [-0.2, 0) is 24.7 Å². The van der Waals surface area contributed by atoms with Crippen LogP contribution in [0.3, 0.4) is 0 Å². The molecular formula is C12H18ClN3O. The van der Waals surface area contributed by atoms with Gasteiger partial charge in [0.25, 0.3) is 0 Å². The summed E-state index contributed by atoms with van der Waals surface area (Å²) >= 11 is 6.28. The first-order chi connectivity index (χ1) is 8.13. The van der Waals surface area contributed by atoms with Gasteiger partial charge in [0.05, 0.1) is 16.4 Å². The lowest BCUT2D eigenvalue weighted by Gasteiger charge is -2.21. The number of hydrogen-bond acceptors (Lipinski definition) is 2. The lowest BCUT2D eigenvalue weighted by atomic mass is 9.93. The number of nitrogens with one attached hydrogen (secondary N) is 1. The van der Waals surface area contributed by atoms with Crippen LogP contribution in [0.2, 0.25) is 5.02 Å². The van der Waals surface area contributed by atoms with Gasteiger partial charge in [-0.05, 0) is 19.3 Å². The van der Waals surface area contributed by atoms with E-state index < -0.39 is 0 Å². The number of amides is 1. The highest BCUT2D eigenvalue weighted by Crippen LogP contribution is 2.25. The highest BCUT2D eigenvalue weighted by atomic mass is 35.5. The molecule has 0 bridgehead atoms. The molecule has 1 fully saturated rings. The molecule has 0 aromatic carbocycles. The number of carbonyl (C=O) groups is 1. The number of halogens is 1. The van der Waals surface area contributed by atoms with Crippen molar-refractivity contribution in [1.82, 2.24) is 15.1 Å². The average Bonchev–Trinajstić information content (AvgIpc) is 2.59. The maximum absolute atomic E-state index is 11.7. The fourth-order valence-electron chi connectivity index (χ4n) is 2.31. The Hall–Kier alpha value is -1.03. The zero-order valence-corrected chi connectivity index (χ0v) is 11.0. The summed E-state index contributed by atoms with van der Waals surface area (Å²) in [5.41, 5.74) is 1.89. The first-order valence-electron chi connectivity index (χ1n) is 6.11. The standard InChI is InChI=1S/C12H18ClN3O/c1-3-9-11(13)10(16(2)15-9)7-8-5-4-6-14-12(8)17/h8H,3-7H2,1-2H3,(H,14,17). The number of hydrogen-bond donors (Lipinski definition) is 1. The molecule has 2 heterocycles. The van der Waals surface area contributed by atoms with E-state index in [4.69, 9.17) is 11.6 Å². The van der Waals surface area contributed by atoms with Gasteiger partial charge in [0.1, 0.15) is 0 Å². The summed E-state index contributed by atoms with van der Waals surface area (Å²) in [7, 11) is 1.89. The molecule has 1 aromatic heterocycles. The van der Waals surface area contributed by atoms with Crippen molar-refractivity contribution < 1.29 is 4.79 Å². The lowest BCUT2D eigenvalue weighted by molar-refractivity contribution is -0.126. The average molecular weight is 256 g/mol. The topological polar surface area (TPSA) is 46.9 Å². The number of piperidine rings is 1. The van der Waals surface area contributed by atoms with Crippen molar-refractivity contribution in [3.05, 3.63) is 16.4 Å². The minimum Gasteiger partial charge on any atom is -0.356 e. The van der Waals surface area contributed by atoms with Crippen LogP contribution in [0.4, 0.5) is 0 Å². The van der Waals surface area contributed by atoms with Crippen LogP contribution in [0.1, 0.15) is 31.2 Å². The molecule has 0 spiro atoms. The molecule has 94 valence electrons. The van der Waals surface area contributed by atoms with Crippen molar-refractivity contribution >= 4 is 17.5 Å². The van der Waals surface area contributed by atoms with Gasteiger partial charge in [-0.25, -0.2) is 0 Å². The second kappa shape index (κ2) is 5.08. The van der Waals surface area contributed by atoms with E-state index in [0.717, 1.165) is 42.2 Å². The largest absolute Gasteiger partial charge is 0.356 e. The van der Waals surface area contributed by atoms with Gasteiger partial charge in [-0.1, -0.05) is 18.5 Å². The zero-order chi connectivity index (χ0) is 12.4. The van der Waals surface area contributed by atoms with Crippen molar-refractivity contribution in [2.24, 2.45) is 13.0 Å². The predicted octanol–water partition coefficient (Wildman–Crippen LogP) is 1.70. The highest BCUT2D eigenvalue weighted by molar-refractivity contribution is 6.31. The lowest BCUT2D eigenvalue weighted by Crippen LogP contribution is -2.37. The van der Waals surface area contributed by atoms with Crippen molar-refractivity contribution in [3.8, 4) is 0 Å². The molecule has 1 aliphatic rings. The Bertz CT molecular complexity index is 428. The fraction of sp³-hybridized carbons (Fsp3) is 0.667. The molecular weight excluding hydrogens is 238 g/mol. The SMILES string of the molecule is CCc1nn(C)c(CC2CCCNC2=O)c1Cl. The Kier molecular flexibility index (Phi) is 3.72. The molecule has 0 aliphatic carbocycles. The van der Waals surface area contributed by atoms with Gasteiger partial charge >= 0.3 is 0 Å². The number of aryl methyl sites for hydroxylation is 2.